The zero-order valence-corrected chi connectivity index (χ0v) is 12.0. The van der Waals surface area contributed by atoms with Gasteiger partial charge in [-0.15, -0.1) is 0 Å². The van der Waals surface area contributed by atoms with E-state index in [2.05, 4.69) is 4.74 Å². The highest BCUT2D eigenvalue weighted by atomic mass is 19.4. The first-order valence-corrected chi connectivity index (χ1v) is 6.52. The van der Waals surface area contributed by atoms with E-state index in [1.54, 1.807) is 0 Å². The Bertz CT molecular complexity index is 693. The molecule has 0 fully saturated rings. The fourth-order valence-corrected chi connectivity index (χ4v) is 1.76. The van der Waals surface area contributed by atoms with Crippen molar-refractivity contribution in [3.63, 3.8) is 0 Å². The fraction of sp³-hybridized carbons (Fsp3) is 0.188. The quantitative estimate of drug-likeness (QED) is 0.586. The summed E-state index contributed by atoms with van der Waals surface area (Å²) < 4.78 is 59.3. The molecule has 122 valence electrons. The zero-order chi connectivity index (χ0) is 17.0. The molecule has 0 N–H and O–H groups in total. The van der Waals surface area contributed by atoms with Crippen LogP contribution in [0.3, 0.4) is 0 Å². The summed E-state index contributed by atoms with van der Waals surface area (Å²) in [6, 6.07) is 8.88. The minimum absolute atomic E-state index is 0.0283. The Morgan fingerprint density at radius 3 is 2.22 bits per heavy atom. The number of halogens is 4. The van der Waals surface area contributed by atoms with Gasteiger partial charge in [0.25, 0.3) is 0 Å². The number of rotatable bonds is 5. The van der Waals surface area contributed by atoms with Crippen LogP contribution in [0.4, 0.5) is 17.6 Å². The van der Waals surface area contributed by atoms with Crippen molar-refractivity contribution < 1.29 is 31.8 Å². The molecule has 0 atom stereocenters. The largest absolute Gasteiger partial charge is 0.484 e. The van der Waals surface area contributed by atoms with Crippen LogP contribution in [-0.4, -0.2) is 18.6 Å². The molecule has 0 bridgehead atoms. The Hall–Kier alpha value is -2.57. The minimum Gasteiger partial charge on any atom is -0.484 e. The average molecular weight is 328 g/mol. The van der Waals surface area contributed by atoms with Crippen LogP contribution in [0.15, 0.2) is 42.5 Å². The van der Waals surface area contributed by atoms with E-state index < -0.39 is 18.6 Å². The number of hydrogen-bond donors (Lipinski definition) is 0. The second-order valence-electron chi connectivity index (χ2n) is 4.67. The van der Waals surface area contributed by atoms with Gasteiger partial charge in [0.1, 0.15) is 23.1 Å². The number of ketones is 1. The molecule has 0 radical (unpaired) electrons. The van der Waals surface area contributed by atoms with Crippen LogP contribution in [0.25, 0.3) is 0 Å². The Balaban J connectivity index is 2.11. The van der Waals surface area contributed by atoms with Crippen LogP contribution in [0.2, 0.25) is 0 Å². The molecule has 0 saturated heterocycles. The van der Waals surface area contributed by atoms with Gasteiger partial charge in [-0.2, -0.15) is 13.2 Å². The van der Waals surface area contributed by atoms with Crippen LogP contribution < -0.4 is 9.47 Å². The molecule has 0 aromatic heterocycles. The average Bonchev–Trinajstić information content (AvgIpc) is 2.47. The van der Waals surface area contributed by atoms with Crippen LogP contribution in [0.1, 0.15) is 17.3 Å². The van der Waals surface area contributed by atoms with Crippen LogP contribution in [-0.2, 0) is 0 Å². The summed E-state index contributed by atoms with van der Waals surface area (Å²) in [4.78, 5) is 11.5. The molecule has 2 aromatic rings. The summed E-state index contributed by atoms with van der Waals surface area (Å²) in [5, 5.41) is 0. The second-order valence-corrected chi connectivity index (χ2v) is 4.67. The molecule has 0 amide bonds. The normalized spacial score (nSPS) is 11.2. The molecule has 0 aliphatic heterocycles. The third-order valence-corrected chi connectivity index (χ3v) is 2.77. The summed E-state index contributed by atoms with van der Waals surface area (Å²) >= 11 is 0. The maximum Gasteiger partial charge on any atom is 0.422 e. The Kier molecular flexibility index (Phi) is 4.88. The van der Waals surface area contributed by atoms with E-state index in [0.29, 0.717) is 0 Å². The summed E-state index contributed by atoms with van der Waals surface area (Å²) in [5.41, 5.74) is 0.0717. The number of Topliss-reactive ketones (excluding diaryl/α,β-unsaturated/α-hetero) is 1. The van der Waals surface area contributed by atoms with Gasteiger partial charge < -0.3 is 9.47 Å². The standard InChI is InChI=1S/C16H12F4O3/c1-10(21)14-8-11(17)2-7-15(14)23-13-5-3-12(4-6-13)22-9-16(18,19)20/h2-8H,9H2,1H3. The lowest BCUT2D eigenvalue weighted by Crippen LogP contribution is -2.19. The predicted octanol–water partition coefficient (Wildman–Crippen LogP) is 4.76. The van der Waals surface area contributed by atoms with Gasteiger partial charge >= 0.3 is 6.18 Å². The number of alkyl halides is 3. The molecule has 0 unspecified atom stereocenters. The lowest BCUT2D eigenvalue weighted by molar-refractivity contribution is -0.153. The molecule has 2 rings (SSSR count). The molecular weight excluding hydrogens is 316 g/mol. The second kappa shape index (κ2) is 6.68. The maximum atomic E-state index is 13.2. The van der Waals surface area contributed by atoms with E-state index in [-0.39, 0.29) is 28.6 Å². The molecule has 23 heavy (non-hydrogen) atoms. The Morgan fingerprint density at radius 2 is 1.65 bits per heavy atom. The van der Waals surface area contributed by atoms with Gasteiger partial charge in [0.05, 0.1) is 5.56 Å². The Morgan fingerprint density at radius 1 is 1.04 bits per heavy atom. The van der Waals surface area contributed by atoms with Crippen molar-refractivity contribution in [2.45, 2.75) is 13.1 Å². The highest BCUT2D eigenvalue weighted by Gasteiger charge is 2.28. The highest BCUT2D eigenvalue weighted by molar-refractivity contribution is 5.96. The number of benzene rings is 2. The highest BCUT2D eigenvalue weighted by Crippen LogP contribution is 2.28. The number of ether oxygens (including phenoxy) is 2. The summed E-state index contributed by atoms with van der Waals surface area (Å²) in [5.74, 6) is -0.482. The minimum atomic E-state index is -4.42. The van der Waals surface area contributed by atoms with E-state index in [1.165, 1.54) is 37.3 Å². The van der Waals surface area contributed by atoms with Gasteiger partial charge in [-0.25, -0.2) is 4.39 Å². The van der Waals surface area contributed by atoms with E-state index in [0.717, 1.165) is 12.1 Å². The zero-order valence-electron chi connectivity index (χ0n) is 12.0. The number of hydrogen-bond acceptors (Lipinski definition) is 3. The van der Waals surface area contributed by atoms with Gasteiger partial charge in [-0.3, -0.25) is 4.79 Å². The van der Waals surface area contributed by atoms with E-state index in [9.17, 15) is 22.4 Å². The van der Waals surface area contributed by atoms with Crippen molar-refractivity contribution in [2.24, 2.45) is 0 Å². The van der Waals surface area contributed by atoms with Gasteiger partial charge in [0, 0.05) is 0 Å². The van der Waals surface area contributed by atoms with Crippen molar-refractivity contribution >= 4 is 5.78 Å². The molecular formula is C16H12F4O3. The third-order valence-electron chi connectivity index (χ3n) is 2.77. The molecule has 0 aliphatic carbocycles. The third kappa shape index (κ3) is 4.98. The number of carbonyl (C=O) groups excluding carboxylic acids is 1. The fourth-order valence-electron chi connectivity index (χ4n) is 1.76. The molecule has 0 saturated carbocycles. The summed E-state index contributed by atoms with van der Waals surface area (Å²) in [6.45, 7) is -0.116. The SMILES string of the molecule is CC(=O)c1cc(F)ccc1Oc1ccc(OCC(F)(F)F)cc1. The van der Waals surface area contributed by atoms with Crippen LogP contribution >= 0.6 is 0 Å². The van der Waals surface area contributed by atoms with Crippen molar-refractivity contribution in [3.05, 3.63) is 53.8 Å². The van der Waals surface area contributed by atoms with Crippen molar-refractivity contribution in [3.8, 4) is 17.2 Å². The Labute approximate surface area is 129 Å². The molecule has 2 aromatic carbocycles. The number of carbonyl (C=O) groups is 1. The van der Waals surface area contributed by atoms with Gasteiger partial charge in [0.2, 0.25) is 0 Å². The molecule has 0 spiro atoms. The predicted molar refractivity (Wildman–Crippen MR) is 74.5 cm³/mol. The molecule has 3 nitrogen and oxygen atoms in total. The summed E-state index contributed by atoms with van der Waals surface area (Å²) in [7, 11) is 0. The first-order chi connectivity index (χ1) is 10.7. The van der Waals surface area contributed by atoms with Gasteiger partial charge in [0.15, 0.2) is 12.4 Å². The molecule has 7 heteroatoms. The first-order valence-electron chi connectivity index (χ1n) is 6.52. The molecule has 0 aliphatic rings. The molecule has 0 heterocycles. The van der Waals surface area contributed by atoms with Crippen molar-refractivity contribution in [1.29, 1.82) is 0 Å². The monoisotopic (exact) mass is 328 g/mol. The topological polar surface area (TPSA) is 35.5 Å². The lowest BCUT2D eigenvalue weighted by atomic mass is 10.1. The lowest BCUT2D eigenvalue weighted by Gasteiger charge is -2.11. The first kappa shape index (κ1) is 16.8. The smallest absolute Gasteiger partial charge is 0.422 e. The van der Waals surface area contributed by atoms with Crippen LogP contribution in [0.5, 0.6) is 17.2 Å². The van der Waals surface area contributed by atoms with Crippen molar-refractivity contribution in [2.75, 3.05) is 6.61 Å². The van der Waals surface area contributed by atoms with Gasteiger partial charge in [-0.1, -0.05) is 0 Å². The van der Waals surface area contributed by atoms with E-state index >= 15 is 0 Å². The maximum absolute atomic E-state index is 13.2. The summed E-state index contributed by atoms with van der Waals surface area (Å²) in [6.07, 6.45) is -4.42. The van der Waals surface area contributed by atoms with Gasteiger partial charge in [-0.05, 0) is 49.4 Å². The van der Waals surface area contributed by atoms with E-state index in [4.69, 9.17) is 4.74 Å². The van der Waals surface area contributed by atoms with Crippen LogP contribution in [0, 0.1) is 5.82 Å². The van der Waals surface area contributed by atoms with E-state index in [1.807, 2.05) is 0 Å². The van der Waals surface area contributed by atoms with Crippen molar-refractivity contribution in [1.82, 2.24) is 0 Å².